The molecule has 0 spiro atoms. The first-order chi connectivity index (χ1) is 18.3. The first-order valence-electron chi connectivity index (χ1n) is 12.9. The molecular weight excluding hydrogens is 482 g/mol. The van der Waals surface area contributed by atoms with E-state index in [-0.39, 0.29) is 12.1 Å². The van der Waals surface area contributed by atoms with Crippen molar-refractivity contribution in [3.8, 4) is 11.6 Å². The second kappa shape index (κ2) is 9.29. The van der Waals surface area contributed by atoms with E-state index >= 15 is 0 Å². The number of benzene rings is 1. The molecule has 10 heteroatoms. The van der Waals surface area contributed by atoms with Gasteiger partial charge in [0.25, 0.3) is 5.56 Å². The predicted octanol–water partition coefficient (Wildman–Crippen LogP) is 3.89. The molecule has 0 amide bonds. The van der Waals surface area contributed by atoms with E-state index in [1.807, 2.05) is 12.1 Å². The van der Waals surface area contributed by atoms with Crippen LogP contribution in [-0.4, -0.2) is 48.6 Å². The highest BCUT2D eigenvalue weighted by atomic mass is 16.5. The fraction of sp³-hybridized carbons (Fsp3) is 0.357. The van der Waals surface area contributed by atoms with Crippen molar-refractivity contribution in [2.45, 2.75) is 51.3 Å². The van der Waals surface area contributed by atoms with Gasteiger partial charge in [-0.15, -0.1) is 6.58 Å². The maximum atomic E-state index is 13.2. The minimum Gasteiger partial charge on any atom is -0.489 e. The smallest absolute Gasteiger partial charge is 0.278 e. The van der Waals surface area contributed by atoms with Crippen LogP contribution in [0.3, 0.4) is 0 Å². The van der Waals surface area contributed by atoms with Gasteiger partial charge in [0.1, 0.15) is 23.3 Å². The molecule has 4 aromatic rings. The molecule has 1 fully saturated rings. The molecule has 38 heavy (non-hydrogen) atoms. The lowest BCUT2D eigenvalue weighted by atomic mass is 10.00. The first kappa shape index (κ1) is 24.2. The summed E-state index contributed by atoms with van der Waals surface area (Å²) in [6, 6.07) is 11.8. The van der Waals surface area contributed by atoms with Crippen LogP contribution in [0.5, 0.6) is 5.75 Å². The van der Waals surface area contributed by atoms with Gasteiger partial charge in [0, 0.05) is 24.5 Å². The Kier molecular flexibility index (Phi) is 5.91. The van der Waals surface area contributed by atoms with Crippen molar-refractivity contribution in [2.24, 2.45) is 0 Å². The highest BCUT2D eigenvalue weighted by Gasteiger charge is 2.30. The molecule has 1 atom stereocenters. The lowest BCUT2D eigenvalue weighted by Crippen LogP contribution is -2.46. The van der Waals surface area contributed by atoms with Crippen molar-refractivity contribution >= 4 is 28.4 Å². The molecular formula is C28H31N7O3. The summed E-state index contributed by atoms with van der Waals surface area (Å²) in [5, 5.41) is 14.1. The van der Waals surface area contributed by atoms with Gasteiger partial charge in [0.15, 0.2) is 11.5 Å². The Bertz CT molecular complexity index is 1580. The average molecular weight is 514 g/mol. The number of aromatic nitrogens is 5. The van der Waals surface area contributed by atoms with Crippen molar-refractivity contribution in [2.75, 3.05) is 23.4 Å². The predicted molar refractivity (Wildman–Crippen MR) is 147 cm³/mol. The van der Waals surface area contributed by atoms with Crippen molar-refractivity contribution in [1.82, 2.24) is 24.3 Å². The highest BCUT2D eigenvalue weighted by molar-refractivity contribution is 5.77. The molecule has 6 rings (SSSR count). The lowest BCUT2D eigenvalue weighted by molar-refractivity contribution is 0.0738. The Morgan fingerprint density at radius 1 is 1.24 bits per heavy atom. The SMILES string of the molecule is C=CCn1c(=O)c2cnc(Nc3ccc4c(c3)OCC3CCCCN43)nc2n1-c1cccc(C(C)(C)O)n1. The molecule has 2 aliphatic rings. The number of ether oxygens (including phenoxy) is 1. The van der Waals surface area contributed by atoms with Gasteiger partial charge in [-0.2, -0.15) is 4.98 Å². The molecule has 3 aromatic heterocycles. The van der Waals surface area contributed by atoms with Gasteiger partial charge in [0.05, 0.1) is 24.0 Å². The van der Waals surface area contributed by atoms with Crippen molar-refractivity contribution < 1.29 is 9.84 Å². The molecule has 1 saturated heterocycles. The largest absolute Gasteiger partial charge is 0.489 e. The van der Waals surface area contributed by atoms with E-state index in [2.05, 4.69) is 32.8 Å². The van der Waals surface area contributed by atoms with Crippen LogP contribution in [0.2, 0.25) is 0 Å². The third kappa shape index (κ3) is 4.20. The summed E-state index contributed by atoms with van der Waals surface area (Å²) < 4.78 is 9.25. The number of allylic oxidation sites excluding steroid dienone is 1. The normalized spacial score (nSPS) is 17.0. The minimum atomic E-state index is -1.15. The fourth-order valence-corrected chi connectivity index (χ4v) is 5.24. The standard InChI is InChI=1S/C28H31N7O3/c1-4-13-34-26(36)20-16-29-27(32-25(20)35(34)24-10-7-9-23(31-24)28(2,3)37)30-18-11-12-21-22(15-18)38-17-19-8-5-6-14-33(19)21/h4,7,9-12,15-16,19,37H,1,5-6,8,13-14,17H2,2-3H3,(H,29,30,32). The Morgan fingerprint density at radius 2 is 2.11 bits per heavy atom. The Morgan fingerprint density at radius 3 is 2.92 bits per heavy atom. The maximum Gasteiger partial charge on any atom is 0.278 e. The summed E-state index contributed by atoms with van der Waals surface area (Å²) in [6.45, 7) is 9.13. The number of hydrogen-bond donors (Lipinski definition) is 2. The molecule has 0 aliphatic carbocycles. The van der Waals surface area contributed by atoms with E-state index in [4.69, 9.17) is 9.72 Å². The van der Waals surface area contributed by atoms with Gasteiger partial charge in [-0.25, -0.2) is 19.3 Å². The summed E-state index contributed by atoms with van der Waals surface area (Å²) >= 11 is 0. The Balaban J connectivity index is 1.39. The van der Waals surface area contributed by atoms with Gasteiger partial charge in [-0.1, -0.05) is 12.1 Å². The van der Waals surface area contributed by atoms with Crippen LogP contribution in [0.1, 0.15) is 38.8 Å². The summed E-state index contributed by atoms with van der Waals surface area (Å²) in [5.74, 6) is 1.64. The second-order valence-corrected chi connectivity index (χ2v) is 10.3. The lowest BCUT2D eigenvalue weighted by Gasteiger charge is -2.41. The van der Waals surface area contributed by atoms with E-state index in [0.29, 0.717) is 41.1 Å². The Hall–Kier alpha value is -4.18. The molecule has 2 aliphatic heterocycles. The van der Waals surface area contributed by atoms with E-state index in [1.165, 1.54) is 23.7 Å². The number of aliphatic hydroxyl groups is 1. The van der Waals surface area contributed by atoms with Gasteiger partial charge in [-0.05, 0) is 57.4 Å². The monoisotopic (exact) mass is 513 g/mol. The number of hydrogen-bond acceptors (Lipinski definition) is 8. The quantitative estimate of drug-likeness (QED) is 0.374. The van der Waals surface area contributed by atoms with Crippen LogP contribution in [0.15, 0.2) is 60.0 Å². The Labute approximate surface area is 220 Å². The summed E-state index contributed by atoms with van der Waals surface area (Å²) in [6.07, 6.45) is 6.77. The van der Waals surface area contributed by atoms with Crippen LogP contribution in [-0.2, 0) is 12.1 Å². The molecule has 1 aromatic carbocycles. The van der Waals surface area contributed by atoms with E-state index in [0.717, 1.165) is 30.1 Å². The number of rotatable bonds is 6. The van der Waals surface area contributed by atoms with E-state index < -0.39 is 5.60 Å². The first-order valence-corrected chi connectivity index (χ1v) is 12.9. The van der Waals surface area contributed by atoms with Crippen molar-refractivity contribution in [1.29, 1.82) is 0 Å². The van der Waals surface area contributed by atoms with Crippen LogP contribution in [0.25, 0.3) is 16.9 Å². The van der Waals surface area contributed by atoms with Gasteiger partial charge < -0.3 is 20.1 Å². The number of pyridine rings is 1. The highest BCUT2D eigenvalue weighted by Crippen LogP contribution is 2.39. The third-order valence-electron chi connectivity index (χ3n) is 7.14. The molecule has 2 N–H and O–H groups in total. The zero-order chi connectivity index (χ0) is 26.4. The molecule has 0 bridgehead atoms. The minimum absolute atomic E-state index is 0.250. The zero-order valence-corrected chi connectivity index (χ0v) is 21.6. The van der Waals surface area contributed by atoms with Crippen LogP contribution in [0, 0.1) is 0 Å². The van der Waals surface area contributed by atoms with Crippen LogP contribution in [0.4, 0.5) is 17.3 Å². The second-order valence-electron chi connectivity index (χ2n) is 10.3. The molecule has 10 nitrogen and oxygen atoms in total. The molecule has 1 unspecified atom stereocenters. The molecule has 0 saturated carbocycles. The van der Waals surface area contributed by atoms with Gasteiger partial charge in [-0.3, -0.25) is 4.79 Å². The maximum absolute atomic E-state index is 13.2. The van der Waals surface area contributed by atoms with E-state index in [9.17, 15) is 9.90 Å². The number of nitrogens with zero attached hydrogens (tertiary/aromatic N) is 6. The number of nitrogens with one attached hydrogen (secondary N) is 1. The molecule has 5 heterocycles. The topological polar surface area (TPSA) is 110 Å². The van der Waals surface area contributed by atoms with Crippen LogP contribution >= 0.6 is 0 Å². The van der Waals surface area contributed by atoms with Crippen LogP contribution < -0.4 is 20.5 Å². The van der Waals surface area contributed by atoms with E-state index in [1.54, 1.807) is 42.8 Å². The van der Waals surface area contributed by atoms with Gasteiger partial charge >= 0.3 is 0 Å². The third-order valence-corrected chi connectivity index (χ3v) is 7.14. The number of piperidine rings is 1. The molecule has 0 radical (unpaired) electrons. The number of fused-ring (bicyclic) bond motifs is 4. The molecule has 196 valence electrons. The zero-order valence-electron chi connectivity index (χ0n) is 21.6. The van der Waals surface area contributed by atoms with Gasteiger partial charge in [0.2, 0.25) is 5.95 Å². The fourth-order valence-electron chi connectivity index (χ4n) is 5.24. The van der Waals surface area contributed by atoms with Crippen molar-refractivity contribution in [3.05, 3.63) is 71.3 Å². The number of anilines is 3. The summed E-state index contributed by atoms with van der Waals surface area (Å²) in [5.41, 5.74) is 1.40. The summed E-state index contributed by atoms with van der Waals surface area (Å²) in [7, 11) is 0. The average Bonchev–Trinajstić information content (AvgIpc) is 3.19. The van der Waals surface area contributed by atoms with Crippen molar-refractivity contribution in [3.63, 3.8) is 0 Å². The summed E-state index contributed by atoms with van der Waals surface area (Å²) in [4.78, 5) is 29.4.